The standard InChI is InChI=1S/C16H11NO3/c18-15-11-3-1-2-4-12(11)16(19)14-9-10(7-8-17-20)5-6-13(14)15/h1-6,8-9,20H,7H2/b17-8+. The first kappa shape index (κ1) is 12.3. The lowest BCUT2D eigenvalue weighted by atomic mass is 9.83. The van der Waals surface area contributed by atoms with E-state index in [1.165, 1.54) is 6.21 Å². The van der Waals surface area contributed by atoms with E-state index in [0.717, 1.165) is 5.56 Å². The number of hydrogen-bond acceptors (Lipinski definition) is 4. The molecule has 0 amide bonds. The zero-order valence-corrected chi connectivity index (χ0v) is 10.5. The first-order valence-corrected chi connectivity index (χ1v) is 6.19. The SMILES string of the molecule is O=C1c2ccccc2C(=O)c2cc(C/C=N/O)ccc21. The molecule has 0 radical (unpaired) electrons. The van der Waals surface area contributed by atoms with Crippen LogP contribution in [0.15, 0.2) is 47.6 Å². The molecule has 0 bridgehead atoms. The topological polar surface area (TPSA) is 66.7 Å². The number of hydrogen-bond donors (Lipinski definition) is 1. The smallest absolute Gasteiger partial charge is 0.194 e. The molecule has 0 spiro atoms. The van der Waals surface area contributed by atoms with Gasteiger partial charge in [0.1, 0.15) is 0 Å². The van der Waals surface area contributed by atoms with Crippen molar-refractivity contribution in [2.75, 3.05) is 0 Å². The van der Waals surface area contributed by atoms with Gasteiger partial charge in [0.15, 0.2) is 11.6 Å². The van der Waals surface area contributed by atoms with Crippen molar-refractivity contribution in [2.24, 2.45) is 5.16 Å². The largest absolute Gasteiger partial charge is 0.411 e. The second kappa shape index (κ2) is 4.74. The zero-order chi connectivity index (χ0) is 14.1. The minimum Gasteiger partial charge on any atom is -0.411 e. The minimum atomic E-state index is -0.141. The Kier molecular flexibility index (Phi) is 2.91. The molecule has 0 aliphatic heterocycles. The molecule has 0 unspecified atom stereocenters. The van der Waals surface area contributed by atoms with Crippen molar-refractivity contribution in [3.8, 4) is 0 Å². The molecule has 1 N–H and O–H groups in total. The predicted molar refractivity (Wildman–Crippen MR) is 73.7 cm³/mol. The Morgan fingerprint density at radius 2 is 1.50 bits per heavy atom. The van der Waals surface area contributed by atoms with Gasteiger partial charge in [0.25, 0.3) is 0 Å². The summed E-state index contributed by atoms with van der Waals surface area (Å²) in [4.78, 5) is 24.8. The van der Waals surface area contributed by atoms with E-state index in [1.54, 1.807) is 42.5 Å². The lowest BCUT2D eigenvalue weighted by Crippen LogP contribution is -2.21. The van der Waals surface area contributed by atoms with Crippen LogP contribution in [0.2, 0.25) is 0 Å². The van der Waals surface area contributed by atoms with Gasteiger partial charge >= 0.3 is 0 Å². The van der Waals surface area contributed by atoms with Crippen LogP contribution in [0.25, 0.3) is 0 Å². The predicted octanol–water partition coefficient (Wildman–Crippen LogP) is 2.46. The summed E-state index contributed by atoms with van der Waals surface area (Å²) in [7, 11) is 0. The van der Waals surface area contributed by atoms with E-state index in [4.69, 9.17) is 5.21 Å². The molecule has 0 atom stereocenters. The molecule has 0 saturated heterocycles. The summed E-state index contributed by atoms with van der Waals surface area (Å²) in [5.74, 6) is -0.268. The minimum absolute atomic E-state index is 0.127. The van der Waals surface area contributed by atoms with Crippen molar-refractivity contribution in [3.05, 3.63) is 70.3 Å². The van der Waals surface area contributed by atoms with Crippen LogP contribution in [0.3, 0.4) is 0 Å². The molecule has 4 nitrogen and oxygen atoms in total. The number of rotatable bonds is 2. The van der Waals surface area contributed by atoms with Crippen LogP contribution in [0.1, 0.15) is 37.4 Å². The fourth-order valence-electron chi connectivity index (χ4n) is 2.42. The van der Waals surface area contributed by atoms with Crippen LogP contribution in [0, 0.1) is 0 Å². The van der Waals surface area contributed by atoms with E-state index in [1.807, 2.05) is 0 Å². The fourth-order valence-corrected chi connectivity index (χ4v) is 2.42. The van der Waals surface area contributed by atoms with Gasteiger partial charge in [0.05, 0.1) is 0 Å². The van der Waals surface area contributed by atoms with E-state index in [9.17, 15) is 9.59 Å². The highest BCUT2D eigenvalue weighted by Gasteiger charge is 2.29. The molecular weight excluding hydrogens is 254 g/mol. The lowest BCUT2D eigenvalue weighted by Gasteiger charge is -2.17. The van der Waals surface area contributed by atoms with Crippen LogP contribution in [0.5, 0.6) is 0 Å². The molecule has 2 aromatic rings. The monoisotopic (exact) mass is 265 g/mol. The van der Waals surface area contributed by atoms with Crippen LogP contribution in [-0.4, -0.2) is 23.0 Å². The maximum absolute atomic E-state index is 12.4. The van der Waals surface area contributed by atoms with Gasteiger partial charge in [0, 0.05) is 34.9 Å². The molecule has 1 aliphatic rings. The Balaban J connectivity index is 2.13. The summed E-state index contributed by atoms with van der Waals surface area (Å²) in [6.07, 6.45) is 1.75. The maximum Gasteiger partial charge on any atom is 0.194 e. The molecule has 0 heterocycles. The second-order valence-corrected chi connectivity index (χ2v) is 4.59. The molecule has 0 aromatic heterocycles. The average Bonchev–Trinajstić information content (AvgIpc) is 2.50. The summed E-state index contributed by atoms with van der Waals surface area (Å²) < 4.78 is 0. The summed E-state index contributed by atoms with van der Waals surface area (Å²) >= 11 is 0. The van der Waals surface area contributed by atoms with Gasteiger partial charge in [-0.15, -0.1) is 5.16 Å². The van der Waals surface area contributed by atoms with E-state index in [0.29, 0.717) is 28.7 Å². The summed E-state index contributed by atoms with van der Waals surface area (Å²) in [5, 5.41) is 11.4. The van der Waals surface area contributed by atoms with Crippen molar-refractivity contribution >= 4 is 17.8 Å². The highest BCUT2D eigenvalue weighted by Crippen LogP contribution is 2.27. The van der Waals surface area contributed by atoms with Crippen LogP contribution in [-0.2, 0) is 6.42 Å². The third kappa shape index (κ3) is 1.82. The van der Waals surface area contributed by atoms with Crippen LogP contribution in [0.4, 0.5) is 0 Å². The number of benzene rings is 2. The summed E-state index contributed by atoms with van der Waals surface area (Å²) in [6.45, 7) is 0. The normalized spacial score (nSPS) is 13.4. The maximum atomic E-state index is 12.4. The third-order valence-corrected chi connectivity index (χ3v) is 3.40. The van der Waals surface area contributed by atoms with Crippen molar-refractivity contribution in [1.29, 1.82) is 0 Å². The third-order valence-electron chi connectivity index (χ3n) is 3.40. The number of ketones is 2. The Bertz CT molecular complexity index is 747. The van der Waals surface area contributed by atoms with Crippen LogP contribution < -0.4 is 0 Å². The fraction of sp³-hybridized carbons (Fsp3) is 0.0625. The highest BCUT2D eigenvalue weighted by molar-refractivity contribution is 6.28. The summed E-state index contributed by atoms with van der Waals surface area (Å²) in [5.41, 5.74) is 2.56. The molecule has 0 fully saturated rings. The number of carbonyl (C=O) groups excluding carboxylic acids is 2. The summed E-state index contributed by atoms with van der Waals surface area (Å²) in [6, 6.07) is 11.9. The van der Waals surface area contributed by atoms with Crippen molar-refractivity contribution < 1.29 is 14.8 Å². The van der Waals surface area contributed by atoms with E-state index in [-0.39, 0.29) is 11.6 Å². The number of fused-ring (bicyclic) bond motifs is 2. The lowest BCUT2D eigenvalue weighted by molar-refractivity contribution is 0.0979. The van der Waals surface area contributed by atoms with Gasteiger partial charge in [-0.3, -0.25) is 9.59 Å². The Morgan fingerprint density at radius 1 is 0.900 bits per heavy atom. The van der Waals surface area contributed by atoms with Crippen molar-refractivity contribution in [2.45, 2.75) is 6.42 Å². The van der Waals surface area contributed by atoms with E-state index < -0.39 is 0 Å². The van der Waals surface area contributed by atoms with Crippen molar-refractivity contribution in [3.63, 3.8) is 0 Å². The second-order valence-electron chi connectivity index (χ2n) is 4.59. The first-order chi connectivity index (χ1) is 9.72. The van der Waals surface area contributed by atoms with Gasteiger partial charge in [-0.05, 0) is 11.6 Å². The number of oxime groups is 1. The molecule has 0 saturated carbocycles. The average molecular weight is 265 g/mol. The van der Waals surface area contributed by atoms with Gasteiger partial charge < -0.3 is 5.21 Å². The Hall–Kier alpha value is -2.75. The number of carbonyl (C=O) groups is 2. The molecule has 1 aliphatic carbocycles. The zero-order valence-electron chi connectivity index (χ0n) is 10.5. The molecule has 3 rings (SSSR count). The number of nitrogens with zero attached hydrogens (tertiary/aromatic N) is 1. The molecule has 20 heavy (non-hydrogen) atoms. The van der Waals surface area contributed by atoms with Gasteiger partial charge in [-0.25, -0.2) is 0 Å². The van der Waals surface area contributed by atoms with Gasteiger partial charge in [0.2, 0.25) is 0 Å². The Morgan fingerprint density at radius 3 is 2.15 bits per heavy atom. The van der Waals surface area contributed by atoms with Gasteiger partial charge in [-0.2, -0.15) is 0 Å². The molecular formula is C16H11NO3. The first-order valence-electron chi connectivity index (χ1n) is 6.19. The van der Waals surface area contributed by atoms with E-state index in [2.05, 4.69) is 5.16 Å². The Labute approximate surface area is 115 Å². The highest BCUT2D eigenvalue weighted by atomic mass is 16.4. The molecule has 4 heteroatoms. The molecule has 2 aromatic carbocycles. The van der Waals surface area contributed by atoms with Crippen molar-refractivity contribution in [1.82, 2.24) is 0 Å². The van der Waals surface area contributed by atoms with Gasteiger partial charge in [-0.1, -0.05) is 36.4 Å². The van der Waals surface area contributed by atoms with E-state index >= 15 is 0 Å². The molecule has 98 valence electrons. The quantitative estimate of drug-likeness (QED) is 0.439. The van der Waals surface area contributed by atoms with Crippen LogP contribution >= 0.6 is 0 Å².